The van der Waals surface area contributed by atoms with Gasteiger partial charge < -0.3 is 5.32 Å². The zero-order valence-corrected chi connectivity index (χ0v) is 11.6. The number of likely N-dealkylation sites (N-methyl/N-ethyl adjacent to an activating group) is 1. The van der Waals surface area contributed by atoms with Crippen LogP contribution in [0.5, 0.6) is 0 Å². The number of nitrogens with one attached hydrogen (secondary N) is 1. The van der Waals surface area contributed by atoms with Gasteiger partial charge in [-0.05, 0) is 17.7 Å². The van der Waals surface area contributed by atoms with E-state index in [0.717, 1.165) is 16.2 Å². The van der Waals surface area contributed by atoms with Gasteiger partial charge in [-0.2, -0.15) is 5.10 Å². The summed E-state index contributed by atoms with van der Waals surface area (Å²) in [6.45, 7) is 0.604. The van der Waals surface area contributed by atoms with Crippen LogP contribution >= 0.6 is 0 Å². The standard InChI is InChI=1S/C14H15N5O2/c1-18-13(20)6-12(14(18)21)17-11-4-2-3-10(5-11)7-19-9-15-8-16-19/h2-5,8-9,12,17H,6-7H2,1H3. The van der Waals surface area contributed by atoms with Crippen molar-refractivity contribution < 1.29 is 9.59 Å². The van der Waals surface area contributed by atoms with Crippen LogP contribution in [-0.4, -0.2) is 44.6 Å². The van der Waals surface area contributed by atoms with E-state index >= 15 is 0 Å². The largest absolute Gasteiger partial charge is 0.373 e. The molecule has 1 atom stereocenters. The summed E-state index contributed by atoms with van der Waals surface area (Å²) in [5.41, 5.74) is 1.85. The minimum atomic E-state index is -0.482. The molecule has 2 amide bonds. The minimum absolute atomic E-state index is 0.156. The molecule has 1 saturated heterocycles. The molecule has 2 aromatic rings. The number of carbonyl (C=O) groups is 2. The lowest BCUT2D eigenvalue weighted by Crippen LogP contribution is -2.31. The first-order valence-corrected chi connectivity index (χ1v) is 6.62. The number of anilines is 1. The number of carbonyl (C=O) groups excluding carboxylic acids is 2. The van der Waals surface area contributed by atoms with Crippen LogP contribution in [0.2, 0.25) is 0 Å². The van der Waals surface area contributed by atoms with Crippen LogP contribution < -0.4 is 5.32 Å². The van der Waals surface area contributed by atoms with E-state index in [-0.39, 0.29) is 18.2 Å². The maximum Gasteiger partial charge on any atom is 0.251 e. The van der Waals surface area contributed by atoms with Gasteiger partial charge in [-0.25, -0.2) is 9.67 Å². The maximum atomic E-state index is 11.9. The lowest BCUT2D eigenvalue weighted by Gasteiger charge is -2.13. The fourth-order valence-electron chi connectivity index (χ4n) is 2.33. The van der Waals surface area contributed by atoms with Gasteiger partial charge in [-0.1, -0.05) is 12.1 Å². The van der Waals surface area contributed by atoms with Crippen LogP contribution in [0.3, 0.4) is 0 Å². The van der Waals surface area contributed by atoms with Gasteiger partial charge in [0.25, 0.3) is 5.91 Å². The molecule has 108 valence electrons. The molecular formula is C14H15N5O2. The molecule has 0 bridgehead atoms. The van der Waals surface area contributed by atoms with Crippen molar-refractivity contribution in [3.8, 4) is 0 Å². The van der Waals surface area contributed by atoms with E-state index in [9.17, 15) is 9.59 Å². The van der Waals surface area contributed by atoms with E-state index < -0.39 is 6.04 Å². The Labute approximate surface area is 121 Å². The second kappa shape index (κ2) is 5.35. The summed E-state index contributed by atoms with van der Waals surface area (Å²) < 4.78 is 1.72. The molecule has 0 saturated carbocycles. The Morgan fingerprint density at radius 3 is 2.90 bits per heavy atom. The Balaban J connectivity index is 1.72. The average Bonchev–Trinajstić information content (AvgIpc) is 3.05. The van der Waals surface area contributed by atoms with Gasteiger partial charge in [0.05, 0.1) is 13.0 Å². The molecule has 7 nitrogen and oxygen atoms in total. The van der Waals surface area contributed by atoms with Crippen molar-refractivity contribution >= 4 is 17.5 Å². The predicted octanol–water partition coefficient (Wildman–Crippen LogP) is 0.496. The van der Waals surface area contributed by atoms with E-state index in [4.69, 9.17) is 0 Å². The fourth-order valence-corrected chi connectivity index (χ4v) is 2.33. The third-order valence-corrected chi connectivity index (χ3v) is 3.46. The smallest absolute Gasteiger partial charge is 0.251 e. The summed E-state index contributed by atoms with van der Waals surface area (Å²) in [5.74, 6) is -0.349. The molecule has 1 aromatic heterocycles. The van der Waals surface area contributed by atoms with E-state index in [0.29, 0.717) is 6.54 Å². The molecule has 3 rings (SSSR count). The first-order valence-electron chi connectivity index (χ1n) is 6.62. The fraction of sp³-hybridized carbons (Fsp3) is 0.286. The van der Waals surface area contributed by atoms with Crippen molar-refractivity contribution in [2.75, 3.05) is 12.4 Å². The van der Waals surface area contributed by atoms with E-state index in [1.807, 2.05) is 24.3 Å². The third-order valence-electron chi connectivity index (χ3n) is 3.46. The molecular weight excluding hydrogens is 270 g/mol. The number of nitrogens with zero attached hydrogens (tertiary/aromatic N) is 4. The van der Waals surface area contributed by atoms with Gasteiger partial charge in [0, 0.05) is 12.7 Å². The molecule has 0 aliphatic carbocycles. The van der Waals surface area contributed by atoms with Gasteiger partial charge in [0.1, 0.15) is 18.7 Å². The molecule has 21 heavy (non-hydrogen) atoms. The third kappa shape index (κ3) is 2.76. The van der Waals surface area contributed by atoms with Gasteiger partial charge >= 0.3 is 0 Å². The van der Waals surface area contributed by atoms with E-state index in [1.165, 1.54) is 13.4 Å². The molecule has 1 fully saturated rings. The van der Waals surface area contributed by atoms with Crippen molar-refractivity contribution in [3.05, 3.63) is 42.5 Å². The molecule has 7 heteroatoms. The van der Waals surface area contributed by atoms with Crippen molar-refractivity contribution in [2.24, 2.45) is 0 Å². The number of amides is 2. The van der Waals surface area contributed by atoms with E-state index in [1.54, 1.807) is 11.0 Å². The highest BCUT2D eigenvalue weighted by Gasteiger charge is 2.35. The van der Waals surface area contributed by atoms with Gasteiger partial charge in [-0.15, -0.1) is 0 Å². The highest BCUT2D eigenvalue weighted by Crippen LogP contribution is 2.18. The number of benzene rings is 1. The van der Waals surface area contributed by atoms with Crippen LogP contribution in [0.1, 0.15) is 12.0 Å². The second-order valence-corrected chi connectivity index (χ2v) is 4.99. The Hall–Kier alpha value is -2.70. The number of aromatic nitrogens is 3. The Morgan fingerprint density at radius 2 is 2.24 bits per heavy atom. The summed E-state index contributed by atoms with van der Waals surface area (Å²) in [6, 6.07) is 7.21. The average molecular weight is 285 g/mol. The van der Waals surface area contributed by atoms with Gasteiger partial charge in [-0.3, -0.25) is 14.5 Å². The Morgan fingerprint density at radius 1 is 1.38 bits per heavy atom. The van der Waals surface area contributed by atoms with Crippen LogP contribution in [0.4, 0.5) is 5.69 Å². The summed E-state index contributed by atoms with van der Waals surface area (Å²) in [7, 11) is 1.51. The minimum Gasteiger partial charge on any atom is -0.373 e. The molecule has 0 spiro atoms. The SMILES string of the molecule is CN1C(=O)CC(Nc2cccc(Cn3cncn3)c2)C1=O. The first-order chi connectivity index (χ1) is 10.1. The lowest BCUT2D eigenvalue weighted by atomic mass is 10.1. The number of hydrogen-bond donors (Lipinski definition) is 1. The summed E-state index contributed by atoms with van der Waals surface area (Å²) in [6.07, 6.45) is 3.33. The zero-order valence-electron chi connectivity index (χ0n) is 11.6. The quantitative estimate of drug-likeness (QED) is 0.827. The van der Waals surface area contributed by atoms with Crippen LogP contribution in [0.15, 0.2) is 36.9 Å². The zero-order chi connectivity index (χ0) is 14.8. The molecule has 1 aliphatic rings. The Bertz CT molecular complexity index is 668. The first kappa shape index (κ1) is 13.3. The monoisotopic (exact) mass is 285 g/mol. The van der Waals surface area contributed by atoms with Gasteiger partial charge in [0.2, 0.25) is 5.91 Å². The number of hydrogen-bond acceptors (Lipinski definition) is 5. The second-order valence-electron chi connectivity index (χ2n) is 4.99. The van der Waals surface area contributed by atoms with Crippen molar-refractivity contribution in [1.82, 2.24) is 19.7 Å². The highest BCUT2D eigenvalue weighted by molar-refractivity contribution is 6.06. The maximum absolute atomic E-state index is 11.9. The molecule has 0 radical (unpaired) electrons. The molecule has 2 heterocycles. The Kier molecular flexibility index (Phi) is 3.39. The number of imide groups is 1. The van der Waals surface area contributed by atoms with Crippen molar-refractivity contribution in [2.45, 2.75) is 19.0 Å². The van der Waals surface area contributed by atoms with Gasteiger partial charge in [0.15, 0.2) is 0 Å². The lowest BCUT2D eigenvalue weighted by molar-refractivity contribution is -0.136. The van der Waals surface area contributed by atoms with E-state index in [2.05, 4.69) is 15.4 Å². The normalized spacial score (nSPS) is 18.3. The van der Waals surface area contributed by atoms with Crippen LogP contribution in [0.25, 0.3) is 0 Å². The van der Waals surface area contributed by atoms with Crippen LogP contribution in [-0.2, 0) is 16.1 Å². The number of rotatable bonds is 4. The van der Waals surface area contributed by atoms with Crippen LogP contribution in [0, 0.1) is 0 Å². The molecule has 1 N–H and O–H groups in total. The van der Waals surface area contributed by atoms with Crippen molar-refractivity contribution in [1.29, 1.82) is 0 Å². The predicted molar refractivity (Wildman–Crippen MR) is 75.4 cm³/mol. The molecule has 1 unspecified atom stereocenters. The summed E-state index contributed by atoms with van der Waals surface area (Å²) in [4.78, 5) is 28.5. The topological polar surface area (TPSA) is 80.1 Å². The summed E-state index contributed by atoms with van der Waals surface area (Å²) in [5, 5.41) is 7.17. The molecule has 1 aromatic carbocycles. The summed E-state index contributed by atoms with van der Waals surface area (Å²) >= 11 is 0. The molecule has 1 aliphatic heterocycles. The number of likely N-dealkylation sites (tertiary alicyclic amines) is 1. The highest BCUT2D eigenvalue weighted by atomic mass is 16.2. The van der Waals surface area contributed by atoms with Crippen molar-refractivity contribution in [3.63, 3.8) is 0 Å².